The predicted octanol–water partition coefficient (Wildman–Crippen LogP) is 10.7. The molecule has 0 radical (unpaired) electrons. The highest BCUT2D eigenvalue weighted by molar-refractivity contribution is 5.10. The average Bonchev–Trinajstić information content (AvgIpc) is 2.50. The van der Waals surface area contributed by atoms with Crippen LogP contribution in [0.15, 0.2) is 0 Å². The molecule has 0 aromatic carbocycles. The maximum absolute atomic E-state index is 2.78. The molecule has 0 unspecified atom stereocenters. The van der Waals surface area contributed by atoms with Gasteiger partial charge >= 0.3 is 0 Å². The molecule has 0 aliphatic heterocycles. The Morgan fingerprint density at radius 3 is 0.406 bits per heavy atom. The largest absolute Gasteiger partial charge is 0.0625 e. The van der Waals surface area contributed by atoms with E-state index in [-0.39, 0.29) is 10.8 Å². The molecular formula is C32H66. The van der Waals surface area contributed by atoms with Gasteiger partial charge in [-0.25, -0.2) is 0 Å². The van der Waals surface area contributed by atoms with Gasteiger partial charge in [0.15, 0.2) is 0 Å². The van der Waals surface area contributed by atoms with Gasteiger partial charge in [-0.05, 0) is 81.8 Å². The summed E-state index contributed by atoms with van der Waals surface area (Å²) in [5, 5.41) is 0. The lowest BCUT2D eigenvalue weighted by Gasteiger charge is -2.67. The summed E-state index contributed by atoms with van der Waals surface area (Å²) >= 11 is 0. The highest BCUT2D eigenvalue weighted by atomic mass is 14.7. The van der Waals surface area contributed by atoms with Crippen molar-refractivity contribution in [3.8, 4) is 0 Å². The van der Waals surface area contributed by atoms with Crippen molar-refractivity contribution in [3.05, 3.63) is 0 Å². The molecule has 0 fully saturated rings. The normalized spacial score (nSPS) is 14.8. The quantitative estimate of drug-likeness (QED) is 0.261. The zero-order chi connectivity index (χ0) is 25.9. The van der Waals surface area contributed by atoms with E-state index in [0.717, 1.165) is 0 Å². The Morgan fingerprint density at radius 1 is 0.250 bits per heavy atom. The summed E-state index contributed by atoms with van der Waals surface area (Å²) in [5.41, 5.74) is 0.492. The van der Waals surface area contributed by atoms with Gasteiger partial charge in [-0.3, -0.25) is 0 Å². The van der Waals surface area contributed by atoms with Crippen molar-refractivity contribution in [1.82, 2.24) is 0 Å². The first-order valence-corrected chi connectivity index (χ1v) is 14.3. The molecule has 0 amide bonds. The fourth-order valence-corrected chi connectivity index (χ4v) is 10.5. The molecule has 0 aromatic rings. The van der Waals surface area contributed by atoms with E-state index in [9.17, 15) is 0 Å². The van der Waals surface area contributed by atoms with Crippen molar-refractivity contribution in [2.75, 3.05) is 0 Å². The van der Waals surface area contributed by atoms with E-state index in [2.05, 4.69) is 125 Å². The molecule has 0 aliphatic carbocycles. The molecule has 0 saturated carbocycles. The van der Waals surface area contributed by atoms with Crippen LogP contribution in [0.3, 0.4) is 0 Å². The van der Waals surface area contributed by atoms with Crippen molar-refractivity contribution in [2.45, 2.75) is 125 Å². The third-order valence-corrected chi connectivity index (χ3v) is 9.68. The lowest BCUT2D eigenvalue weighted by atomic mass is 9.37. The second-order valence-corrected chi connectivity index (χ2v) is 14.6. The van der Waals surface area contributed by atoms with E-state index in [1.165, 1.54) is 0 Å². The summed E-state index contributed by atoms with van der Waals surface area (Å²) < 4.78 is 0. The number of hydrogen-bond acceptors (Lipinski definition) is 0. The molecule has 0 aliphatic rings. The summed E-state index contributed by atoms with van der Waals surface area (Å²) in [6.45, 7) is 45.8. The van der Waals surface area contributed by atoms with E-state index >= 15 is 0 Å². The molecule has 0 heterocycles. The number of rotatable bonds is 13. The molecule has 32 heavy (non-hydrogen) atoms. The molecule has 0 spiro atoms. The van der Waals surface area contributed by atoms with E-state index in [1.54, 1.807) is 0 Å². The Bertz CT molecular complexity index is 396. The minimum Gasteiger partial charge on any atom is -0.0625 e. The molecule has 0 rings (SSSR count). The molecule has 0 aromatic heterocycles. The van der Waals surface area contributed by atoms with Crippen LogP contribution in [-0.2, 0) is 0 Å². The zero-order valence-corrected chi connectivity index (χ0v) is 25.9. The highest BCUT2D eigenvalue weighted by Gasteiger charge is 2.63. The van der Waals surface area contributed by atoms with Crippen LogP contribution in [0.1, 0.15) is 125 Å². The van der Waals surface area contributed by atoms with Crippen molar-refractivity contribution in [1.29, 1.82) is 0 Å². The number of hydrogen-bond donors (Lipinski definition) is 0. The SMILES string of the molecule is CC(C)C(C(C)C)C(C)(C(C(C)C)C(C)C)C(C)(C(C(C)C)C(C)C)C(C(C)C)C(C)C. The monoisotopic (exact) mass is 451 g/mol. The topological polar surface area (TPSA) is 0 Å². The van der Waals surface area contributed by atoms with Gasteiger partial charge in [-0.2, -0.15) is 0 Å². The van der Waals surface area contributed by atoms with E-state index in [4.69, 9.17) is 0 Å². The lowest BCUT2D eigenvalue weighted by molar-refractivity contribution is -0.201. The molecule has 0 heteroatoms. The van der Waals surface area contributed by atoms with E-state index < -0.39 is 0 Å². The third kappa shape index (κ3) is 5.97. The smallest absolute Gasteiger partial charge is 0.0200 e. The van der Waals surface area contributed by atoms with Crippen molar-refractivity contribution < 1.29 is 0 Å². The van der Waals surface area contributed by atoms with Crippen LogP contribution < -0.4 is 0 Å². The zero-order valence-electron chi connectivity index (χ0n) is 25.9. The Balaban J connectivity index is 7.86. The standard InChI is InChI=1S/C32H66/c1-19(2)27(20(3)4)31(17,28(21(5)6)22(7)8)32(18,29(23(9)10)24(11)12)30(25(13)14)26(15)16/h19-30H,1-18H3. The molecule has 0 saturated heterocycles. The lowest BCUT2D eigenvalue weighted by Crippen LogP contribution is -2.63. The van der Waals surface area contributed by atoms with Gasteiger partial charge in [0.05, 0.1) is 0 Å². The minimum absolute atomic E-state index is 0.246. The van der Waals surface area contributed by atoms with Gasteiger partial charge in [0.25, 0.3) is 0 Å². The summed E-state index contributed by atoms with van der Waals surface area (Å²) in [6.07, 6.45) is 0. The fourth-order valence-electron chi connectivity index (χ4n) is 10.5. The van der Waals surface area contributed by atoms with E-state index in [0.29, 0.717) is 71.0 Å². The summed E-state index contributed by atoms with van der Waals surface area (Å²) in [6, 6.07) is 0. The molecular weight excluding hydrogens is 384 g/mol. The summed E-state index contributed by atoms with van der Waals surface area (Å²) in [4.78, 5) is 0. The van der Waals surface area contributed by atoms with Gasteiger partial charge < -0.3 is 0 Å². The summed E-state index contributed by atoms with van der Waals surface area (Å²) in [5.74, 6) is 8.23. The highest BCUT2D eigenvalue weighted by Crippen LogP contribution is 2.68. The van der Waals surface area contributed by atoms with Crippen LogP contribution >= 0.6 is 0 Å². The Labute approximate surface area is 206 Å². The Kier molecular flexibility index (Phi) is 12.1. The fraction of sp³-hybridized carbons (Fsp3) is 1.00. The van der Waals surface area contributed by atoms with Gasteiger partial charge in [0, 0.05) is 0 Å². The Hall–Kier alpha value is 0. The maximum atomic E-state index is 2.78. The van der Waals surface area contributed by atoms with Crippen LogP contribution in [0.25, 0.3) is 0 Å². The van der Waals surface area contributed by atoms with Crippen LogP contribution in [0.2, 0.25) is 0 Å². The molecule has 0 atom stereocenters. The van der Waals surface area contributed by atoms with Crippen LogP contribution in [0.5, 0.6) is 0 Å². The first-order valence-electron chi connectivity index (χ1n) is 14.3. The second-order valence-electron chi connectivity index (χ2n) is 14.6. The van der Waals surface area contributed by atoms with E-state index in [1.807, 2.05) is 0 Å². The van der Waals surface area contributed by atoms with Crippen LogP contribution in [0, 0.1) is 81.8 Å². The van der Waals surface area contributed by atoms with Gasteiger partial charge in [-0.1, -0.05) is 125 Å². The van der Waals surface area contributed by atoms with Crippen molar-refractivity contribution in [3.63, 3.8) is 0 Å². The maximum Gasteiger partial charge on any atom is -0.0200 e. The van der Waals surface area contributed by atoms with Gasteiger partial charge in [-0.15, -0.1) is 0 Å². The average molecular weight is 451 g/mol. The van der Waals surface area contributed by atoms with Crippen LogP contribution in [-0.4, -0.2) is 0 Å². The van der Waals surface area contributed by atoms with Crippen molar-refractivity contribution in [2.24, 2.45) is 81.8 Å². The minimum atomic E-state index is 0.246. The van der Waals surface area contributed by atoms with Crippen molar-refractivity contribution >= 4 is 0 Å². The second kappa shape index (κ2) is 12.1. The Morgan fingerprint density at radius 2 is 0.344 bits per heavy atom. The third-order valence-electron chi connectivity index (χ3n) is 9.68. The predicted molar refractivity (Wildman–Crippen MR) is 149 cm³/mol. The van der Waals surface area contributed by atoms with Gasteiger partial charge in [0.2, 0.25) is 0 Å². The first kappa shape index (κ1) is 32.0. The first-order chi connectivity index (χ1) is 14.3. The molecule has 0 nitrogen and oxygen atoms in total. The van der Waals surface area contributed by atoms with Crippen LogP contribution in [0.4, 0.5) is 0 Å². The summed E-state index contributed by atoms with van der Waals surface area (Å²) in [7, 11) is 0. The molecule has 0 N–H and O–H groups in total. The van der Waals surface area contributed by atoms with Gasteiger partial charge in [0.1, 0.15) is 0 Å². The molecule has 194 valence electrons. The molecule has 0 bridgehead atoms.